The Hall–Kier alpha value is -1.70. The van der Waals surface area contributed by atoms with E-state index in [-0.39, 0.29) is 0 Å². The van der Waals surface area contributed by atoms with Gasteiger partial charge in [0, 0.05) is 33.4 Å². The predicted octanol–water partition coefficient (Wildman–Crippen LogP) is 3.89. The molecule has 140 valence electrons. The second kappa shape index (κ2) is 7.13. The lowest BCUT2D eigenvalue weighted by Gasteiger charge is -2.21. The van der Waals surface area contributed by atoms with Crippen molar-refractivity contribution in [3.05, 3.63) is 30.5 Å². The molecule has 4 heterocycles. The SMILES string of the molecule is C[Si](C)(C)CCOCn1ccc2c1ncc1cnc(C3CCCOC3)n12. The van der Waals surface area contributed by atoms with E-state index in [1.54, 1.807) is 0 Å². The van der Waals surface area contributed by atoms with Crippen LogP contribution in [0.3, 0.4) is 0 Å². The van der Waals surface area contributed by atoms with Crippen LogP contribution < -0.4 is 0 Å². The van der Waals surface area contributed by atoms with Gasteiger partial charge in [0.1, 0.15) is 12.6 Å². The number of hydrogen-bond acceptors (Lipinski definition) is 4. The molecule has 4 rings (SSSR count). The summed E-state index contributed by atoms with van der Waals surface area (Å²) in [4.78, 5) is 9.34. The first-order chi connectivity index (χ1) is 12.5. The molecule has 26 heavy (non-hydrogen) atoms. The summed E-state index contributed by atoms with van der Waals surface area (Å²) in [5, 5.41) is 0. The summed E-state index contributed by atoms with van der Waals surface area (Å²) < 4.78 is 15.9. The molecule has 1 unspecified atom stereocenters. The third-order valence-electron chi connectivity index (χ3n) is 5.04. The van der Waals surface area contributed by atoms with Crippen molar-refractivity contribution in [2.24, 2.45) is 0 Å². The molecule has 0 saturated carbocycles. The maximum absolute atomic E-state index is 5.92. The zero-order chi connectivity index (χ0) is 18.1. The van der Waals surface area contributed by atoms with Gasteiger partial charge in [0.25, 0.3) is 0 Å². The normalized spacial score (nSPS) is 18.8. The Balaban J connectivity index is 1.60. The van der Waals surface area contributed by atoms with Gasteiger partial charge in [-0.2, -0.15) is 0 Å². The van der Waals surface area contributed by atoms with E-state index >= 15 is 0 Å². The zero-order valence-electron chi connectivity index (χ0n) is 15.9. The van der Waals surface area contributed by atoms with Crippen LogP contribution in [0.15, 0.2) is 24.7 Å². The summed E-state index contributed by atoms with van der Waals surface area (Å²) in [6, 6.07) is 3.29. The minimum absolute atomic E-state index is 0.355. The summed E-state index contributed by atoms with van der Waals surface area (Å²) >= 11 is 0. The molecule has 3 aromatic heterocycles. The smallest absolute Gasteiger partial charge is 0.158 e. The molecule has 7 heteroatoms. The molecule has 0 bridgehead atoms. The van der Waals surface area contributed by atoms with Crippen LogP contribution in [-0.2, 0) is 16.2 Å². The van der Waals surface area contributed by atoms with Gasteiger partial charge in [-0.25, -0.2) is 9.97 Å². The molecule has 0 amide bonds. The molecule has 1 fully saturated rings. The molecule has 1 aliphatic heterocycles. The molecule has 1 atom stereocenters. The lowest BCUT2D eigenvalue weighted by atomic mass is 10.0. The molecule has 3 aromatic rings. The third kappa shape index (κ3) is 3.56. The van der Waals surface area contributed by atoms with Crippen LogP contribution in [0, 0.1) is 0 Å². The fourth-order valence-corrected chi connectivity index (χ4v) is 4.26. The fourth-order valence-electron chi connectivity index (χ4n) is 3.51. The third-order valence-corrected chi connectivity index (χ3v) is 6.75. The summed E-state index contributed by atoms with van der Waals surface area (Å²) in [6.45, 7) is 10.1. The highest BCUT2D eigenvalue weighted by Gasteiger charge is 2.22. The van der Waals surface area contributed by atoms with Gasteiger partial charge in [-0.05, 0) is 25.0 Å². The Kier molecular flexibility index (Phi) is 4.86. The van der Waals surface area contributed by atoms with Gasteiger partial charge in [-0.15, -0.1) is 0 Å². The van der Waals surface area contributed by atoms with Gasteiger partial charge < -0.3 is 14.0 Å². The molecular formula is C19H28N4O2Si. The van der Waals surface area contributed by atoms with Gasteiger partial charge in [0.2, 0.25) is 0 Å². The molecular weight excluding hydrogens is 344 g/mol. The summed E-state index contributed by atoms with van der Waals surface area (Å²) in [6.07, 6.45) is 8.11. The van der Waals surface area contributed by atoms with Crippen molar-refractivity contribution in [1.29, 1.82) is 0 Å². The van der Waals surface area contributed by atoms with Gasteiger partial charge in [-0.1, -0.05) is 19.6 Å². The van der Waals surface area contributed by atoms with Crippen molar-refractivity contribution in [3.8, 4) is 0 Å². The van der Waals surface area contributed by atoms with Gasteiger partial charge >= 0.3 is 0 Å². The average Bonchev–Trinajstić information content (AvgIpc) is 3.22. The van der Waals surface area contributed by atoms with Crippen LogP contribution in [0.1, 0.15) is 24.6 Å². The van der Waals surface area contributed by atoms with E-state index in [4.69, 9.17) is 9.47 Å². The second-order valence-electron chi connectivity index (χ2n) is 8.39. The van der Waals surface area contributed by atoms with Crippen molar-refractivity contribution in [3.63, 3.8) is 0 Å². The van der Waals surface area contributed by atoms with Crippen molar-refractivity contribution in [2.75, 3.05) is 19.8 Å². The van der Waals surface area contributed by atoms with Gasteiger partial charge in [0.05, 0.1) is 30.0 Å². The molecule has 6 nitrogen and oxygen atoms in total. The molecule has 0 N–H and O–H groups in total. The first-order valence-electron chi connectivity index (χ1n) is 9.50. The van der Waals surface area contributed by atoms with E-state index in [1.807, 2.05) is 12.4 Å². The maximum atomic E-state index is 5.92. The van der Waals surface area contributed by atoms with Crippen LogP contribution in [0.25, 0.3) is 16.7 Å². The minimum Gasteiger partial charge on any atom is -0.381 e. The Bertz CT molecular complexity index is 890. The van der Waals surface area contributed by atoms with E-state index in [9.17, 15) is 0 Å². The van der Waals surface area contributed by atoms with Gasteiger partial charge in [0.15, 0.2) is 5.65 Å². The van der Waals surface area contributed by atoms with Crippen molar-refractivity contribution in [2.45, 2.75) is 51.2 Å². The standard InChI is InChI=1S/C19H28N4O2Si/c1-26(2,3)10-9-25-14-22-7-6-17-19(22)21-12-16-11-20-18(23(16)17)15-5-4-8-24-13-15/h6-7,11-12,15H,4-5,8-10,13-14H2,1-3H3. The topological polar surface area (TPSA) is 53.6 Å². The first kappa shape index (κ1) is 17.7. The lowest BCUT2D eigenvalue weighted by molar-refractivity contribution is 0.0780. The molecule has 0 aromatic carbocycles. The average molecular weight is 373 g/mol. The monoisotopic (exact) mass is 372 g/mol. The molecule has 0 spiro atoms. The van der Waals surface area contributed by atoms with Crippen LogP contribution in [-0.4, -0.2) is 46.8 Å². The molecule has 0 aliphatic carbocycles. The predicted molar refractivity (Wildman–Crippen MR) is 105 cm³/mol. The number of nitrogens with zero attached hydrogens (tertiary/aromatic N) is 4. The number of ether oxygens (including phenoxy) is 2. The first-order valence-corrected chi connectivity index (χ1v) is 13.2. The van der Waals surface area contributed by atoms with Crippen LogP contribution in [0.5, 0.6) is 0 Å². The van der Waals surface area contributed by atoms with Gasteiger partial charge in [-0.3, -0.25) is 4.40 Å². The summed E-state index contributed by atoms with van der Waals surface area (Å²) in [5.41, 5.74) is 3.08. The number of rotatable bonds is 6. The molecule has 1 aliphatic rings. The number of aromatic nitrogens is 4. The van der Waals surface area contributed by atoms with E-state index in [1.165, 1.54) is 6.04 Å². The highest BCUT2D eigenvalue weighted by molar-refractivity contribution is 6.76. The molecule has 1 saturated heterocycles. The van der Waals surface area contributed by atoms with Crippen molar-refractivity contribution < 1.29 is 9.47 Å². The van der Waals surface area contributed by atoms with Crippen LogP contribution in [0.2, 0.25) is 25.7 Å². The van der Waals surface area contributed by atoms with Crippen LogP contribution >= 0.6 is 0 Å². The maximum Gasteiger partial charge on any atom is 0.158 e. The van der Waals surface area contributed by atoms with E-state index in [0.717, 1.165) is 55.2 Å². The summed E-state index contributed by atoms with van der Waals surface area (Å²) in [7, 11) is -1.06. The van der Waals surface area contributed by atoms with E-state index in [2.05, 4.69) is 50.8 Å². The van der Waals surface area contributed by atoms with E-state index < -0.39 is 8.07 Å². The highest BCUT2D eigenvalue weighted by atomic mass is 28.3. The van der Waals surface area contributed by atoms with Crippen molar-refractivity contribution in [1.82, 2.24) is 18.9 Å². The Morgan fingerprint density at radius 3 is 2.88 bits per heavy atom. The Morgan fingerprint density at radius 2 is 2.12 bits per heavy atom. The largest absolute Gasteiger partial charge is 0.381 e. The van der Waals surface area contributed by atoms with E-state index in [0.29, 0.717) is 12.6 Å². The number of hydrogen-bond donors (Lipinski definition) is 0. The highest BCUT2D eigenvalue weighted by Crippen LogP contribution is 2.27. The second-order valence-corrected chi connectivity index (χ2v) is 14.0. The zero-order valence-corrected chi connectivity index (χ0v) is 16.9. The Labute approximate surface area is 155 Å². The number of imidazole rings is 1. The van der Waals surface area contributed by atoms with Crippen molar-refractivity contribution >= 4 is 24.8 Å². The summed E-state index contributed by atoms with van der Waals surface area (Å²) in [5.74, 6) is 1.44. The fraction of sp³-hybridized carbons (Fsp3) is 0.579. The number of fused-ring (bicyclic) bond motifs is 3. The minimum atomic E-state index is -1.06. The quantitative estimate of drug-likeness (QED) is 0.486. The lowest BCUT2D eigenvalue weighted by Crippen LogP contribution is -2.22. The molecule has 0 radical (unpaired) electrons. The Morgan fingerprint density at radius 1 is 1.27 bits per heavy atom. The van der Waals surface area contributed by atoms with Crippen LogP contribution in [0.4, 0.5) is 0 Å².